The molecule has 18 heavy (non-hydrogen) atoms. The van der Waals surface area contributed by atoms with Gasteiger partial charge in [-0.1, -0.05) is 11.3 Å². The Balaban J connectivity index is 2.13. The van der Waals surface area contributed by atoms with E-state index < -0.39 is 16.9 Å². The van der Waals surface area contributed by atoms with Crippen LogP contribution >= 0.6 is 11.3 Å². The van der Waals surface area contributed by atoms with Gasteiger partial charge in [0.2, 0.25) is 5.91 Å². The second kappa shape index (κ2) is 4.73. The number of carbonyl (C=O) groups excluding carboxylic acids is 1. The lowest BCUT2D eigenvalue weighted by atomic mass is 10.2. The van der Waals surface area contributed by atoms with Crippen molar-refractivity contribution in [2.24, 2.45) is 0 Å². The second-order valence-electron chi connectivity index (χ2n) is 3.91. The highest BCUT2D eigenvalue weighted by atomic mass is 32.1. The van der Waals surface area contributed by atoms with Crippen molar-refractivity contribution in [3.8, 4) is 0 Å². The summed E-state index contributed by atoms with van der Waals surface area (Å²) in [6.07, 6.45) is 0.506. The summed E-state index contributed by atoms with van der Waals surface area (Å²) < 4.78 is 0. The van der Waals surface area contributed by atoms with Gasteiger partial charge in [0.15, 0.2) is 0 Å². The van der Waals surface area contributed by atoms with Gasteiger partial charge in [0.25, 0.3) is 0 Å². The summed E-state index contributed by atoms with van der Waals surface area (Å²) in [6.45, 7) is 0.119. The van der Waals surface area contributed by atoms with Gasteiger partial charge in [0.05, 0.1) is 11.5 Å². The van der Waals surface area contributed by atoms with E-state index >= 15 is 0 Å². The maximum atomic E-state index is 11.6. The first-order valence-corrected chi connectivity index (χ1v) is 6.06. The predicted octanol–water partition coefficient (Wildman–Crippen LogP) is 1.23. The van der Waals surface area contributed by atoms with E-state index in [0.717, 1.165) is 11.3 Å². The lowest BCUT2D eigenvalue weighted by molar-refractivity contribution is -0.380. The number of carboxylic acids is 1. The number of nitro groups is 1. The molecule has 7 nitrogen and oxygen atoms in total. The number of hydrogen-bond donors (Lipinski definition) is 1. The summed E-state index contributed by atoms with van der Waals surface area (Å²) in [7, 11) is 0. The Hall–Kier alpha value is -1.96. The van der Waals surface area contributed by atoms with Crippen LogP contribution in [0.3, 0.4) is 0 Å². The lowest BCUT2D eigenvalue weighted by Crippen LogP contribution is -2.37. The van der Waals surface area contributed by atoms with Crippen LogP contribution in [-0.4, -0.2) is 32.8 Å². The average molecular weight is 270 g/mol. The van der Waals surface area contributed by atoms with E-state index in [2.05, 4.69) is 0 Å². The van der Waals surface area contributed by atoms with Crippen LogP contribution in [-0.2, 0) is 16.1 Å². The summed E-state index contributed by atoms with van der Waals surface area (Å²) in [4.78, 5) is 34.4. The number of amides is 1. The molecular formula is C10H10N2O5S. The highest BCUT2D eigenvalue weighted by Crippen LogP contribution is 2.28. The molecule has 8 heteroatoms. The third kappa shape index (κ3) is 2.33. The van der Waals surface area contributed by atoms with E-state index in [0.29, 0.717) is 11.3 Å². The monoisotopic (exact) mass is 270 g/mol. The number of thiophene rings is 1. The van der Waals surface area contributed by atoms with Gasteiger partial charge in [-0.15, -0.1) is 0 Å². The van der Waals surface area contributed by atoms with Gasteiger partial charge >= 0.3 is 11.0 Å². The molecule has 1 unspecified atom stereocenters. The number of nitrogens with zero attached hydrogens (tertiary/aromatic N) is 2. The van der Waals surface area contributed by atoms with Gasteiger partial charge in [-0.2, -0.15) is 0 Å². The van der Waals surface area contributed by atoms with Crippen molar-refractivity contribution in [1.82, 2.24) is 4.90 Å². The normalized spacial score (nSPS) is 19.2. The van der Waals surface area contributed by atoms with Crippen molar-refractivity contribution in [3.63, 3.8) is 0 Å². The minimum absolute atomic E-state index is 0.0106. The maximum Gasteiger partial charge on any atom is 0.326 e. The van der Waals surface area contributed by atoms with Gasteiger partial charge in [-0.25, -0.2) is 4.79 Å². The largest absolute Gasteiger partial charge is 0.480 e. The molecule has 1 saturated heterocycles. The molecule has 1 N–H and O–H groups in total. The van der Waals surface area contributed by atoms with E-state index in [-0.39, 0.29) is 23.9 Å². The average Bonchev–Trinajstić information content (AvgIpc) is 2.88. The summed E-state index contributed by atoms with van der Waals surface area (Å²) in [5.41, 5.74) is 0. The van der Waals surface area contributed by atoms with Gasteiger partial charge in [0, 0.05) is 17.4 Å². The SMILES string of the molecule is O=C(O)C1CCC(=O)N1Cc1ccc([N+](=O)[O-])s1. The molecule has 1 fully saturated rings. The molecular weight excluding hydrogens is 260 g/mol. The fourth-order valence-corrected chi connectivity index (χ4v) is 2.73. The van der Waals surface area contributed by atoms with E-state index in [1.165, 1.54) is 11.0 Å². The van der Waals surface area contributed by atoms with Crippen molar-refractivity contribution < 1.29 is 19.6 Å². The Morgan fingerprint density at radius 3 is 2.89 bits per heavy atom. The predicted molar refractivity (Wildman–Crippen MR) is 62.2 cm³/mol. The molecule has 0 bridgehead atoms. The summed E-state index contributed by atoms with van der Waals surface area (Å²) in [5.74, 6) is -1.26. The number of carbonyl (C=O) groups is 2. The maximum absolute atomic E-state index is 11.6. The van der Waals surface area contributed by atoms with Crippen molar-refractivity contribution in [2.45, 2.75) is 25.4 Å². The number of rotatable bonds is 4. The molecule has 96 valence electrons. The van der Waals surface area contributed by atoms with E-state index in [9.17, 15) is 19.7 Å². The highest BCUT2D eigenvalue weighted by Gasteiger charge is 2.36. The summed E-state index contributed by atoms with van der Waals surface area (Å²) >= 11 is 0.958. The summed E-state index contributed by atoms with van der Waals surface area (Å²) in [5, 5.41) is 19.5. The van der Waals surface area contributed by atoms with Crippen LogP contribution in [0.2, 0.25) is 0 Å². The fraction of sp³-hybridized carbons (Fsp3) is 0.400. The zero-order valence-electron chi connectivity index (χ0n) is 9.24. The van der Waals surface area contributed by atoms with Crippen LogP contribution < -0.4 is 0 Å². The Morgan fingerprint density at radius 2 is 2.33 bits per heavy atom. The zero-order chi connectivity index (χ0) is 13.3. The number of likely N-dealkylation sites (tertiary alicyclic amines) is 1. The molecule has 0 radical (unpaired) electrons. The molecule has 1 aromatic rings. The second-order valence-corrected chi connectivity index (χ2v) is 5.06. The number of aliphatic carboxylic acids is 1. The molecule has 0 aliphatic carbocycles. The van der Waals surface area contributed by atoms with Crippen LogP contribution in [0.25, 0.3) is 0 Å². The van der Waals surface area contributed by atoms with Gasteiger partial charge in [-0.3, -0.25) is 14.9 Å². The fourth-order valence-electron chi connectivity index (χ4n) is 1.91. The smallest absolute Gasteiger partial charge is 0.326 e. The molecule has 0 spiro atoms. The Morgan fingerprint density at radius 1 is 1.61 bits per heavy atom. The van der Waals surface area contributed by atoms with Crippen molar-refractivity contribution in [1.29, 1.82) is 0 Å². The molecule has 1 aromatic heterocycles. The van der Waals surface area contributed by atoms with Gasteiger partial charge in [-0.05, 0) is 12.5 Å². The molecule has 0 aromatic carbocycles. The first-order chi connectivity index (χ1) is 8.49. The van der Waals surface area contributed by atoms with Crippen molar-refractivity contribution in [3.05, 3.63) is 27.1 Å². The van der Waals surface area contributed by atoms with Crippen LogP contribution in [0.1, 0.15) is 17.7 Å². The number of hydrogen-bond acceptors (Lipinski definition) is 5. The molecule has 2 rings (SSSR count). The van der Waals surface area contributed by atoms with Crippen LogP contribution in [0.5, 0.6) is 0 Å². The van der Waals surface area contributed by atoms with Gasteiger partial charge in [0.1, 0.15) is 6.04 Å². The van der Waals surface area contributed by atoms with Crippen LogP contribution in [0, 0.1) is 10.1 Å². The highest BCUT2D eigenvalue weighted by molar-refractivity contribution is 7.15. The van der Waals surface area contributed by atoms with E-state index in [1.807, 2.05) is 0 Å². The molecule has 1 amide bonds. The molecule has 2 heterocycles. The van der Waals surface area contributed by atoms with Crippen molar-refractivity contribution >= 4 is 28.2 Å². The van der Waals surface area contributed by atoms with E-state index in [1.54, 1.807) is 6.07 Å². The molecule has 1 aliphatic heterocycles. The molecule has 1 aliphatic rings. The Bertz CT molecular complexity index is 512. The minimum Gasteiger partial charge on any atom is -0.480 e. The van der Waals surface area contributed by atoms with Crippen LogP contribution in [0.4, 0.5) is 5.00 Å². The number of carboxylic acid groups (broad SMARTS) is 1. The summed E-state index contributed by atoms with van der Waals surface area (Å²) in [6, 6.07) is 2.09. The van der Waals surface area contributed by atoms with Gasteiger partial charge < -0.3 is 10.0 Å². The standard InChI is InChI=1S/C10H10N2O5S/c13-8-3-2-7(10(14)15)11(8)5-6-1-4-9(18-6)12(16)17/h1,4,7H,2-3,5H2,(H,14,15). The van der Waals surface area contributed by atoms with Crippen LogP contribution in [0.15, 0.2) is 12.1 Å². The minimum atomic E-state index is -1.04. The third-order valence-corrected chi connectivity index (χ3v) is 3.79. The lowest BCUT2D eigenvalue weighted by Gasteiger charge is -2.20. The van der Waals surface area contributed by atoms with E-state index in [4.69, 9.17) is 5.11 Å². The topological polar surface area (TPSA) is 101 Å². The molecule has 1 atom stereocenters. The Kier molecular flexibility index (Phi) is 3.28. The zero-order valence-corrected chi connectivity index (χ0v) is 10.1. The third-order valence-electron chi connectivity index (χ3n) is 2.77. The molecule has 0 saturated carbocycles. The Labute approximate surface area is 106 Å². The first kappa shape index (κ1) is 12.5. The quantitative estimate of drug-likeness (QED) is 0.655. The first-order valence-electron chi connectivity index (χ1n) is 5.24. The van der Waals surface area contributed by atoms with Crippen molar-refractivity contribution in [2.75, 3.05) is 0 Å².